The van der Waals surface area contributed by atoms with Crippen LogP contribution in [0.2, 0.25) is 5.02 Å². The number of hydrogen-bond acceptors (Lipinski definition) is 4. The summed E-state index contributed by atoms with van der Waals surface area (Å²) in [5, 5.41) is 14.4. The molecule has 1 amide bonds. The molecule has 7 heteroatoms. The van der Waals surface area contributed by atoms with Gasteiger partial charge in [-0.05, 0) is 85.3 Å². The van der Waals surface area contributed by atoms with Gasteiger partial charge in [0, 0.05) is 27.4 Å². The molecule has 152 valence electrons. The number of nitrogens with one attached hydrogen (secondary N) is 1. The van der Waals surface area contributed by atoms with Gasteiger partial charge in [-0.15, -0.1) is 0 Å². The molecule has 0 radical (unpaired) electrons. The SMILES string of the molecule is CC(C)(C)OC(=O)N(CCNc1ccc(I)cc1)C[C@H](O)c1cccc(Cl)c1. The Morgan fingerprint density at radius 2 is 1.93 bits per heavy atom. The summed E-state index contributed by atoms with van der Waals surface area (Å²) >= 11 is 8.26. The van der Waals surface area contributed by atoms with E-state index in [4.69, 9.17) is 16.3 Å². The van der Waals surface area contributed by atoms with Crippen LogP contribution in [0, 0.1) is 3.57 Å². The second kappa shape index (κ2) is 10.3. The molecule has 0 heterocycles. The summed E-state index contributed by atoms with van der Waals surface area (Å²) in [6, 6.07) is 15.0. The molecule has 2 aromatic carbocycles. The number of aliphatic hydroxyl groups is 1. The van der Waals surface area contributed by atoms with Gasteiger partial charge in [0.2, 0.25) is 0 Å². The number of anilines is 1. The predicted octanol–water partition coefficient (Wildman–Crippen LogP) is 5.33. The van der Waals surface area contributed by atoms with Crippen molar-refractivity contribution in [3.8, 4) is 0 Å². The maximum absolute atomic E-state index is 12.6. The fraction of sp³-hybridized carbons (Fsp3) is 0.381. The fourth-order valence-electron chi connectivity index (χ4n) is 2.51. The molecule has 0 bridgehead atoms. The molecule has 2 N–H and O–H groups in total. The summed E-state index contributed by atoms with van der Waals surface area (Å²) in [7, 11) is 0. The van der Waals surface area contributed by atoms with Crippen molar-refractivity contribution in [2.45, 2.75) is 32.5 Å². The molecule has 0 aromatic heterocycles. The van der Waals surface area contributed by atoms with Gasteiger partial charge in [-0.1, -0.05) is 23.7 Å². The van der Waals surface area contributed by atoms with Gasteiger partial charge in [-0.2, -0.15) is 0 Å². The van der Waals surface area contributed by atoms with E-state index in [1.54, 1.807) is 24.3 Å². The molecule has 0 aliphatic heterocycles. The van der Waals surface area contributed by atoms with Gasteiger partial charge in [0.25, 0.3) is 0 Å². The number of carbonyl (C=O) groups excluding carboxylic acids is 1. The largest absolute Gasteiger partial charge is 0.444 e. The minimum atomic E-state index is -0.857. The van der Waals surface area contributed by atoms with Gasteiger partial charge in [-0.25, -0.2) is 4.79 Å². The quantitative estimate of drug-likeness (QED) is 0.489. The molecular formula is C21H26ClIN2O3. The zero-order valence-corrected chi connectivity index (χ0v) is 19.2. The van der Waals surface area contributed by atoms with Gasteiger partial charge in [-0.3, -0.25) is 0 Å². The number of hydrogen-bond donors (Lipinski definition) is 2. The highest BCUT2D eigenvalue weighted by Crippen LogP contribution is 2.20. The molecule has 0 fully saturated rings. The van der Waals surface area contributed by atoms with Crippen LogP contribution < -0.4 is 5.32 Å². The number of carbonyl (C=O) groups is 1. The lowest BCUT2D eigenvalue weighted by molar-refractivity contribution is 0.0154. The van der Waals surface area contributed by atoms with E-state index < -0.39 is 17.8 Å². The third-order valence-corrected chi connectivity index (χ3v) is 4.79. The first kappa shape index (κ1) is 22.8. The van der Waals surface area contributed by atoms with Gasteiger partial charge < -0.3 is 20.1 Å². The second-order valence-electron chi connectivity index (χ2n) is 7.43. The van der Waals surface area contributed by atoms with E-state index in [2.05, 4.69) is 27.9 Å². The minimum absolute atomic E-state index is 0.115. The average Bonchev–Trinajstić information content (AvgIpc) is 2.61. The highest BCUT2D eigenvalue weighted by Gasteiger charge is 2.24. The summed E-state index contributed by atoms with van der Waals surface area (Å²) in [5.41, 5.74) is 1.02. The zero-order valence-electron chi connectivity index (χ0n) is 16.3. The lowest BCUT2D eigenvalue weighted by Crippen LogP contribution is -2.41. The molecular weight excluding hydrogens is 491 g/mol. The molecule has 28 heavy (non-hydrogen) atoms. The lowest BCUT2D eigenvalue weighted by atomic mass is 10.1. The number of ether oxygens (including phenoxy) is 1. The van der Waals surface area contributed by atoms with Crippen LogP contribution in [0.4, 0.5) is 10.5 Å². The van der Waals surface area contributed by atoms with Gasteiger partial charge in [0.15, 0.2) is 0 Å². The first-order valence-corrected chi connectivity index (χ1v) is 10.5. The molecule has 2 aromatic rings. The Labute approximate surface area is 185 Å². The van der Waals surface area contributed by atoms with Crippen LogP contribution in [-0.4, -0.2) is 41.3 Å². The van der Waals surface area contributed by atoms with Crippen LogP contribution in [-0.2, 0) is 4.74 Å². The van der Waals surface area contributed by atoms with Crippen LogP contribution in [0.1, 0.15) is 32.4 Å². The van der Waals surface area contributed by atoms with E-state index in [0.717, 1.165) is 9.26 Å². The van der Waals surface area contributed by atoms with Crippen molar-refractivity contribution < 1.29 is 14.6 Å². The van der Waals surface area contributed by atoms with Crippen molar-refractivity contribution in [3.63, 3.8) is 0 Å². The normalized spacial score (nSPS) is 12.4. The summed E-state index contributed by atoms with van der Waals surface area (Å²) in [6.07, 6.45) is -1.32. The number of halogens is 2. The zero-order chi connectivity index (χ0) is 20.7. The number of nitrogens with zero attached hydrogens (tertiary/aromatic N) is 1. The van der Waals surface area contributed by atoms with Crippen molar-refractivity contribution in [3.05, 3.63) is 62.7 Å². The van der Waals surface area contributed by atoms with Gasteiger partial charge in [0.1, 0.15) is 5.60 Å². The van der Waals surface area contributed by atoms with Crippen molar-refractivity contribution in [2.75, 3.05) is 25.0 Å². The number of rotatable bonds is 7. The van der Waals surface area contributed by atoms with Crippen molar-refractivity contribution in [2.24, 2.45) is 0 Å². The first-order valence-electron chi connectivity index (χ1n) is 9.05. The maximum atomic E-state index is 12.6. The van der Waals surface area contributed by atoms with Crippen LogP contribution in [0.15, 0.2) is 48.5 Å². The Bertz CT molecular complexity index is 778. The van der Waals surface area contributed by atoms with Crippen molar-refractivity contribution in [1.29, 1.82) is 0 Å². The predicted molar refractivity (Wildman–Crippen MR) is 122 cm³/mol. The number of benzene rings is 2. The van der Waals surface area contributed by atoms with E-state index >= 15 is 0 Å². The summed E-state index contributed by atoms with van der Waals surface area (Å²) in [6.45, 7) is 6.49. The maximum Gasteiger partial charge on any atom is 0.410 e. The second-order valence-corrected chi connectivity index (χ2v) is 9.11. The molecule has 0 saturated carbocycles. The molecule has 0 spiro atoms. The Morgan fingerprint density at radius 1 is 1.25 bits per heavy atom. The molecule has 2 rings (SSSR count). The Hall–Kier alpha value is -1.51. The highest BCUT2D eigenvalue weighted by atomic mass is 127. The Kier molecular flexibility index (Phi) is 8.39. The standard InChI is InChI=1S/C21H26ClIN2O3/c1-21(2,3)28-20(27)25(12-11-24-18-9-7-17(23)8-10-18)14-19(26)15-5-4-6-16(22)13-15/h4-10,13,19,24,26H,11-12,14H2,1-3H3/t19-/m0/s1. The van der Waals surface area contributed by atoms with E-state index in [1.807, 2.05) is 45.0 Å². The summed E-state index contributed by atoms with van der Waals surface area (Å²) in [4.78, 5) is 14.1. The van der Waals surface area contributed by atoms with Gasteiger partial charge >= 0.3 is 6.09 Å². The summed E-state index contributed by atoms with van der Waals surface area (Å²) < 4.78 is 6.66. The van der Waals surface area contributed by atoms with Crippen LogP contribution >= 0.6 is 34.2 Å². The minimum Gasteiger partial charge on any atom is -0.444 e. The Balaban J connectivity index is 2.03. The van der Waals surface area contributed by atoms with Crippen molar-refractivity contribution >= 4 is 46.0 Å². The van der Waals surface area contributed by atoms with Crippen LogP contribution in [0.25, 0.3) is 0 Å². The molecule has 0 saturated heterocycles. The first-order chi connectivity index (χ1) is 13.1. The smallest absolute Gasteiger partial charge is 0.410 e. The number of amides is 1. The molecule has 0 unspecified atom stereocenters. The van der Waals surface area contributed by atoms with Crippen LogP contribution in [0.3, 0.4) is 0 Å². The molecule has 1 atom stereocenters. The van der Waals surface area contributed by atoms with E-state index in [0.29, 0.717) is 23.7 Å². The molecule has 5 nitrogen and oxygen atoms in total. The Morgan fingerprint density at radius 3 is 2.54 bits per heavy atom. The van der Waals surface area contributed by atoms with Crippen LogP contribution in [0.5, 0.6) is 0 Å². The number of aliphatic hydroxyl groups excluding tert-OH is 1. The van der Waals surface area contributed by atoms with E-state index in [9.17, 15) is 9.90 Å². The van der Waals surface area contributed by atoms with E-state index in [1.165, 1.54) is 4.90 Å². The molecule has 0 aliphatic carbocycles. The highest BCUT2D eigenvalue weighted by molar-refractivity contribution is 14.1. The molecule has 0 aliphatic rings. The van der Waals surface area contributed by atoms with Gasteiger partial charge in [0.05, 0.1) is 12.6 Å². The monoisotopic (exact) mass is 516 g/mol. The van der Waals surface area contributed by atoms with Crippen molar-refractivity contribution in [1.82, 2.24) is 4.90 Å². The topological polar surface area (TPSA) is 61.8 Å². The summed E-state index contributed by atoms with van der Waals surface area (Å²) in [5.74, 6) is 0. The average molecular weight is 517 g/mol. The van der Waals surface area contributed by atoms with E-state index in [-0.39, 0.29) is 6.54 Å². The lowest BCUT2D eigenvalue weighted by Gasteiger charge is -2.29. The fourth-order valence-corrected chi connectivity index (χ4v) is 3.07. The third kappa shape index (κ3) is 7.85. The third-order valence-electron chi connectivity index (χ3n) is 3.83.